The molecule has 2 aromatic rings. The first-order valence-corrected chi connectivity index (χ1v) is 7.89. The number of pyridine rings is 1. The Morgan fingerprint density at radius 3 is 2.80 bits per heavy atom. The molecule has 2 rings (SSSR count). The van der Waals surface area contributed by atoms with Crippen molar-refractivity contribution in [1.82, 2.24) is 19.5 Å². The van der Waals surface area contributed by atoms with Crippen molar-refractivity contribution in [2.45, 2.75) is 24.4 Å². The minimum Gasteiger partial charge on any atom is -0.281 e. The van der Waals surface area contributed by atoms with E-state index in [1.54, 1.807) is 25.4 Å². The molecule has 0 atom stereocenters. The maximum atomic E-state index is 12.5. The zero-order valence-corrected chi connectivity index (χ0v) is 12.7. The second-order valence-electron chi connectivity index (χ2n) is 4.39. The molecule has 20 heavy (non-hydrogen) atoms. The second kappa shape index (κ2) is 5.90. The monoisotopic (exact) mass is 314 g/mol. The molecule has 0 aliphatic rings. The Morgan fingerprint density at radius 1 is 1.45 bits per heavy atom. The lowest BCUT2D eigenvalue weighted by Gasteiger charge is -2.16. The summed E-state index contributed by atoms with van der Waals surface area (Å²) in [6.45, 7) is 1.97. The van der Waals surface area contributed by atoms with Crippen molar-refractivity contribution in [3.8, 4) is 0 Å². The van der Waals surface area contributed by atoms with E-state index < -0.39 is 10.0 Å². The maximum absolute atomic E-state index is 12.5. The predicted octanol–water partition coefficient (Wildman–Crippen LogP) is 1.67. The molecule has 2 aromatic heterocycles. The molecule has 0 bridgehead atoms. The van der Waals surface area contributed by atoms with Crippen LogP contribution in [0.5, 0.6) is 0 Å². The van der Waals surface area contributed by atoms with Gasteiger partial charge in [-0.2, -0.15) is 9.40 Å². The van der Waals surface area contributed by atoms with Crippen LogP contribution in [0.2, 0.25) is 0 Å². The van der Waals surface area contributed by atoms with Crippen LogP contribution in [0.15, 0.2) is 29.6 Å². The lowest BCUT2D eigenvalue weighted by molar-refractivity contribution is 0.462. The molecular formula is C12H15ClN4O2S. The molecule has 0 radical (unpaired) electrons. The quantitative estimate of drug-likeness (QED) is 0.851. The van der Waals surface area contributed by atoms with Crippen molar-refractivity contribution in [2.24, 2.45) is 0 Å². The van der Waals surface area contributed by atoms with E-state index in [0.29, 0.717) is 11.3 Å². The molecule has 0 aromatic carbocycles. The Hall–Kier alpha value is -1.44. The molecule has 0 amide bonds. The summed E-state index contributed by atoms with van der Waals surface area (Å²) in [5, 5.41) is 6.51. The average molecular weight is 315 g/mol. The standard InChI is InChI=1S/C12H15ClN4O2S/c1-9-11(6-13)12(16-15-9)20(18,19)17(2)8-10-4-3-5-14-7-10/h3-5,7H,6,8H2,1-2H3,(H,15,16). The van der Waals surface area contributed by atoms with Crippen LogP contribution < -0.4 is 0 Å². The van der Waals surface area contributed by atoms with Crippen LogP contribution in [0, 0.1) is 6.92 Å². The van der Waals surface area contributed by atoms with Crippen LogP contribution in [-0.4, -0.2) is 35.0 Å². The zero-order valence-electron chi connectivity index (χ0n) is 11.2. The van der Waals surface area contributed by atoms with Crippen LogP contribution in [-0.2, 0) is 22.4 Å². The number of nitrogens with one attached hydrogen (secondary N) is 1. The highest BCUT2D eigenvalue weighted by molar-refractivity contribution is 7.89. The summed E-state index contributed by atoms with van der Waals surface area (Å²) in [6, 6.07) is 3.58. The number of aromatic amines is 1. The molecule has 0 unspecified atom stereocenters. The summed E-state index contributed by atoms with van der Waals surface area (Å²) >= 11 is 5.80. The molecule has 0 fully saturated rings. The Balaban J connectivity index is 2.30. The van der Waals surface area contributed by atoms with Crippen LogP contribution >= 0.6 is 11.6 Å². The lowest BCUT2D eigenvalue weighted by atomic mass is 10.3. The van der Waals surface area contributed by atoms with Gasteiger partial charge in [-0.3, -0.25) is 10.1 Å². The summed E-state index contributed by atoms with van der Waals surface area (Å²) in [5.74, 6) is 0.0949. The molecule has 108 valence electrons. The first-order chi connectivity index (χ1) is 9.46. The highest BCUT2D eigenvalue weighted by atomic mass is 35.5. The number of halogens is 1. The van der Waals surface area contributed by atoms with Crippen LogP contribution in [0.25, 0.3) is 0 Å². The summed E-state index contributed by atoms with van der Waals surface area (Å²) < 4.78 is 26.2. The molecule has 1 N–H and O–H groups in total. The van der Waals surface area contributed by atoms with E-state index in [4.69, 9.17) is 11.6 Å². The second-order valence-corrected chi connectivity index (χ2v) is 6.62. The van der Waals surface area contributed by atoms with Gasteiger partial charge in [0.25, 0.3) is 10.0 Å². The third-order valence-corrected chi connectivity index (χ3v) is 5.00. The van der Waals surface area contributed by atoms with Gasteiger partial charge in [-0.05, 0) is 18.6 Å². The summed E-state index contributed by atoms with van der Waals surface area (Å²) in [6.07, 6.45) is 3.27. The lowest BCUT2D eigenvalue weighted by Crippen LogP contribution is -2.27. The van der Waals surface area contributed by atoms with E-state index in [9.17, 15) is 8.42 Å². The number of aryl methyl sites for hydroxylation is 1. The Bertz CT molecular complexity index is 685. The SMILES string of the molecule is Cc1[nH]nc(S(=O)(=O)N(C)Cc2cccnc2)c1CCl. The molecule has 0 spiro atoms. The third kappa shape index (κ3) is 2.84. The van der Waals surface area contributed by atoms with Gasteiger partial charge in [0, 0.05) is 37.2 Å². The largest absolute Gasteiger partial charge is 0.281 e. The van der Waals surface area contributed by atoms with Crippen molar-refractivity contribution in [3.63, 3.8) is 0 Å². The van der Waals surface area contributed by atoms with E-state index in [1.165, 1.54) is 11.4 Å². The minimum absolute atomic E-state index is 0.0172. The molecule has 6 nitrogen and oxygen atoms in total. The number of H-pyrrole nitrogens is 1. The molecule has 0 saturated carbocycles. The van der Waals surface area contributed by atoms with E-state index >= 15 is 0 Å². The van der Waals surface area contributed by atoms with E-state index in [1.807, 2.05) is 6.07 Å². The van der Waals surface area contributed by atoms with E-state index in [2.05, 4.69) is 15.2 Å². The van der Waals surface area contributed by atoms with Crippen molar-refractivity contribution in [3.05, 3.63) is 41.3 Å². The zero-order chi connectivity index (χ0) is 14.8. The number of rotatable bonds is 5. The molecule has 0 aliphatic carbocycles. The topological polar surface area (TPSA) is 79.0 Å². The minimum atomic E-state index is -3.68. The van der Waals surface area contributed by atoms with Crippen molar-refractivity contribution >= 4 is 21.6 Å². The number of aromatic nitrogens is 3. The van der Waals surface area contributed by atoms with E-state index in [-0.39, 0.29) is 17.5 Å². The van der Waals surface area contributed by atoms with Crippen molar-refractivity contribution in [1.29, 1.82) is 0 Å². The normalized spacial score (nSPS) is 12.0. The fourth-order valence-corrected chi connectivity index (χ4v) is 3.50. The fourth-order valence-electron chi connectivity index (χ4n) is 1.78. The fraction of sp³-hybridized carbons (Fsp3) is 0.333. The third-order valence-electron chi connectivity index (χ3n) is 2.95. The van der Waals surface area contributed by atoms with Gasteiger partial charge in [0.2, 0.25) is 0 Å². The summed E-state index contributed by atoms with van der Waals surface area (Å²) in [7, 11) is -2.18. The summed E-state index contributed by atoms with van der Waals surface area (Å²) in [5.41, 5.74) is 1.97. The highest BCUT2D eigenvalue weighted by Crippen LogP contribution is 2.22. The van der Waals surface area contributed by atoms with Gasteiger partial charge in [-0.15, -0.1) is 11.6 Å². The van der Waals surface area contributed by atoms with Gasteiger partial charge >= 0.3 is 0 Å². The number of nitrogens with zero attached hydrogens (tertiary/aromatic N) is 3. The number of sulfonamides is 1. The highest BCUT2D eigenvalue weighted by Gasteiger charge is 2.27. The average Bonchev–Trinajstić information content (AvgIpc) is 2.81. The predicted molar refractivity (Wildman–Crippen MR) is 75.8 cm³/mol. The first kappa shape index (κ1) is 15.0. The van der Waals surface area contributed by atoms with E-state index in [0.717, 1.165) is 5.56 Å². The van der Waals surface area contributed by atoms with Gasteiger partial charge in [-0.25, -0.2) is 8.42 Å². The Kier molecular flexibility index (Phi) is 4.42. The van der Waals surface area contributed by atoms with Gasteiger partial charge in [-0.1, -0.05) is 6.07 Å². The Labute approximate surface area is 122 Å². The number of alkyl halides is 1. The van der Waals surface area contributed by atoms with Crippen molar-refractivity contribution < 1.29 is 8.42 Å². The molecule has 0 saturated heterocycles. The number of hydrogen-bond donors (Lipinski definition) is 1. The Morgan fingerprint density at radius 2 is 2.20 bits per heavy atom. The summed E-state index contributed by atoms with van der Waals surface area (Å²) in [4.78, 5) is 3.97. The molecular weight excluding hydrogens is 300 g/mol. The van der Waals surface area contributed by atoms with Gasteiger partial charge in [0.1, 0.15) is 0 Å². The van der Waals surface area contributed by atoms with Crippen molar-refractivity contribution in [2.75, 3.05) is 7.05 Å². The van der Waals surface area contributed by atoms with Gasteiger partial charge in [0.05, 0.1) is 5.88 Å². The maximum Gasteiger partial charge on any atom is 0.262 e. The van der Waals surface area contributed by atoms with Gasteiger partial charge < -0.3 is 0 Å². The number of hydrogen-bond acceptors (Lipinski definition) is 4. The molecule has 8 heteroatoms. The molecule has 0 aliphatic heterocycles. The smallest absolute Gasteiger partial charge is 0.262 e. The van der Waals surface area contributed by atoms with Crippen LogP contribution in [0.1, 0.15) is 16.8 Å². The molecule has 2 heterocycles. The first-order valence-electron chi connectivity index (χ1n) is 5.92. The van der Waals surface area contributed by atoms with Gasteiger partial charge in [0.15, 0.2) is 5.03 Å². The van der Waals surface area contributed by atoms with Crippen LogP contribution in [0.3, 0.4) is 0 Å². The van der Waals surface area contributed by atoms with Crippen LogP contribution in [0.4, 0.5) is 0 Å².